The third-order valence-electron chi connectivity index (χ3n) is 2.35. The van der Waals surface area contributed by atoms with Crippen molar-refractivity contribution >= 4 is 29.6 Å². The van der Waals surface area contributed by atoms with Crippen LogP contribution < -0.4 is 11.1 Å². The highest BCUT2D eigenvalue weighted by Gasteiger charge is 2.23. The number of methoxy groups -OCH3 is 1. The van der Waals surface area contributed by atoms with Gasteiger partial charge in [0.2, 0.25) is 5.91 Å². The van der Waals surface area contributed by atoms with E-state index in [0.717, 1.165) is 0 Å². The van der Waals surface area contributed by atoms with Gasteiger partial charge in [-0.3, -0.25) is 9.59 Å². The van der Waals surface area contributed by atoms with Crippen LogP contribution in [-0.2, 0) is 19.1 Å². The number of rotatable bonds is 10. The second kappa shape index (κ2) is 10.3. The van der Waals surface area contributed by atoms with Gasteiger partial charge in [0.15, 0.2) is 0 Å². The summed E-state index contributed by atoms with van der Waals surface area (Å²) in [6.45, 7) is 3.54. The Morgan fingerprint density at radius 1 is 1.50 bits per heavy atom. The van der Waals surface area contributed by atoms with Crippen LogP contribution in [0.1, 0.15) is 12.8 Å². The minimum Gasteiger partial charge on any atom is -0.480 e. The van der Waals surface area contributed by atoms with Crippen LogP contribution in [0.4, 0.5) is 0 Å². The number of ether oxygens (including phenoxy) is 1. The Morgan fingerprint density at radius 3 is 2.65 bits per heavy atom. The molecule has 0 aliphatic heterocycles. The van der Waals surface area contributed by atoms with Crippen LogP contribution >= 0.6 is 11.8 Å². The summed E-state index contributed by atoms with van der Waals surface area (Å²) in [7, 11) is 1.21. The number of aliphatic carboxylic acids is 1. The molecule has 0 rings (SSSR count). The standard InChI is InChI=1S/C12H20N2O5S/c1-3-6-20-7-8(13)11(16)14-9(12(17)18)4-5-10(15)19-2/h3,8-9H,1,4-7,13H2,2H3,(H,14,16)(H,17,18)/t8?,9-/m0/s1. The molecule has 0 spiro atoms. The zero-order chi connectivity index (χ0) is 15.5. The van der Waals surface area contributed by atoms with E-state index >= 15 is 0 Å². The third kappa shape index (κ3) is 7.80. The van der Waals surface area contributed by atoms with Gasteiger partial charge in [0, 0.05) is 17.9 Å². The van der Waals surface area contributed by atoms with E-state index < -0.39 is 29.9 Å². The summed E-state index contributed by atoms with van der Waals surface area (Å²) < 4.78 is 4.42. The second-order valence-corrected chi connectivity index (χ2v) is 5.02. The first-order chi connectivity index (χ1) is 9.42. The summed E-state index contributed by atoms with van der Waals surface area (Å²) in [4.78, 5) is 33.7. The molecule has 8 heteroatoms. The molecule has 0 aromatic carbocycles. The molecule has 7 nitrogen and oxygen atoms in total. The van der Waals surface area contributed by atoms with Crippen LogP contribution in [-0.4, -0.2) is 53.7 Å². The smallest absolute Gasteiger partial charge is 0.326 e. The molecule has 1 amide bonds. The Morgan fingerprint density at radius 2 is 2.15 bits per heavy atom. The normalized spacial score (nSPS) is 13.1. The van der Waals surface area contributed by atoms with Gasteiger partial charge >= 0.3 is 11.9 Å². The lowest BCUT2D eigenvalue weighted by Crippen LogP contribution is -2.49. The zero-order valence-electron chi connectivity index (χ0n) is 11.3. The van der Waals surface area contributed by atoms with E-state index in [-0.39, 0.29) is 12.8 Å². The van der Waals surface area contributed by atoms with E-state index in [1.807, 2.05) is 0 Å². The molecule has 4 N–H and O–H groups in total. The van der Waals surface area contributed by atoms with Crippen LogP contribution in [0.2, 0.25) is 0 Å². The lowest BCUT2D eigenvalue weighted by Gasteiger charge is -2.17. The number of hydrogen-bond acceptors (Lipinski definition) is 6. The lowest BCUT2D eigenvalue weighted by atomic mass is 10.1. The van der Waals surface area contributed by atoms with Gasteiger partial charge in [0.05, 0.1) is 13.2 Å². The molecule has 1 unspecified atom stereocenters. The maximum absolute atomic E-state index is 11.7. The highest BCUT2D eigenvalue weighted by molar-refractivity contribution is 7.99. The molecule has 114 valence electrons. The fraction of sp³-hybridized carbons (Fsp3) is 0.583. The van der Waals surface area contributed by atoms with Gasteiger partial charge in [0.25, 0.3) is 0 Å². The van der Waals surface area contributed by atoms with Gasteiger partial charge in [-0.05, 0) is 6.42 Å². The number of carboxylic acid groups (broad SMARTS) is 1. The Hall–Kier alpha value is -1.54. The van der Waals surface area contributed by atoms with Crippen LogP contribution in [0.5, 0.6) is 0 Å². The maximum Gasteiger partial charge on any atom is 0.326 e. The van der Waals surface area contributed by atoms with Crippen LogP contribution in [0.25, 0.3) is 0 Å². The quantitative estimate of drug-likeness (QED) is 0.289. The van der Waals surface area contributed by atoms with Crippen molar-refractivity contribution in [2.24, 2.45) is 5.73 Å². The van der Waals surface area contributed by atoms with Gasteiger partial charge in [-0.15, -0.1) is 6.58 Å². The highest BCUT2D eigenvalue weighted by Crippen LogP contribution is 2.04. The average Bonchev–Trinajstić information content (AvgIpc) is 2.42. The van der Waals surface area contributed by atoms with Crippen molar-refractivity contribution in [3.05, 3.63) is 12.7 Å². The van der Waals surface area contributed by atoms with E-state index in [2.05, 4.69) is 16.6 Å². The van der Waals surface area contributed by atoms with E-state index in [1.165, 1.54) is 18.9 Å². The fourth-order valence-corrected chi connectivity index (χ4v) is 1.96. The number of carboxylic acids is 1. The molecule has 20 heavy (non-hydrogen) atoms. The van der Waals surface area contributed by atoms with Gasteiger partial charge in [-0.1, -0.05) is 6.08 Å². The molecule has 0 heterocycles. The number of esters is 1. The summed E-state index contributed by atoms with van der Waals surface area (Å²) in [5, 5.41) is 11.3. The van der Waals surface area contributed by atoms with Crippen LogP contribution in [0, 0.1) is 0 Å². The molecule has 0 saturated carbocycles. The van der Waals surface area contributed by atoms with E-state index in [4.69, 9.17) is 10.8 Å². The van der Waals surface area contributed by atoms with Crippen molar-refractivity contribution in [3.63, 3.8) is 0 Å². The third-order valence-corrected chi connectivity index (χ3v) is 3.42. The topological polar surface area (TPSA) is 119 Å². The van der Waals surface area contributed by atoms with Gasteiger partial charge < -0.3 is 20.9 Å². The molecular weight excluding hydrogens is 284 g/mol. The predicted molar refractivity (Wildman–Crippen MR) is 76.3 cm³/mol. The SMILES string of the molecule is C=CCSCC(N)C(=O)N[C@@H](CCC(=O)OC)C(=O)O. The van der Waals surface area contributed by atoms with Crippen molar-refractivity contribution in [2.45, 2.75) is 24.9 Å². The largest absolute Gasteiger partial charge is 0.480 e. The van der Waals surface area contributed by atoms with Crippen LogP contribution in [0.3, 0.4) is 0 Å². The van der Waals surface area contributed by atoms with Crippen molar-refractivity contribution in [1.82, 2.24) is 5.32 Å². The van der Waals surface area contributed by atoms with Crippen molar-refractivity contribution in [2.75, 3.05) is 18.6 Å². The first-order valence-corrected chi connectivity index (χ1v) is 7.12. The van der Waals surface area contributed by atoms with Gasteiger partial charge in [0.1, 0.15) is 6.04 Å². The molecule has 0 saturated heterocycles. The summed E-state index contributed by atoms with van der Waals surface area (Å²) in [6.07, 6.45) is 1.56. The molecule has 0 aromatic rings. The van der Waals surface area contributed by atoms with E-state index in [9.17, 15) is 14.4 Å². The van der Waals surface area contributed by atoms with Crippen molar-refractivity contribution < 1.29 is 24.2 Å². The number of nitrogens with two attached hydrogens (primary N) is 1. The number of carbonyl (C=O) groups is 3. The minimum atomic E-state index is -1.21. The number of thioether (sulfide) groups is 1. The Balaban J connectivity index is 4.28. The number of nitrogens with one attached hydrogen (secondary N) is 1. The molecule has 0 aliphatic rings. The average molecular weight is 304 g/mol. The van der Waals surface area contributed by atoms with E-state index in [1.54, 1.807) is 6.08 Å². The first kappa shape index (κ1) is 18.5. The summed E-state index contributed by atoms with van der Waals surface area (Å²) >= 11 is 1.42. The molecule has 2 atom stereocenters. The van der Waals surface area contributed by atoms with Gasteiger partial charge in [-0.25, -0.2) is 4.79 Å². The number of amides is 1. The zero-order valence-corrected chi connectivity index (χ0v) is 12.1. The molecule has 0 aliphatic carbocycles. The Kier molecular flexibility index (Phi) is 9.48. The predicted octanol–water partition coefficient (Wildman–Crippen LogP) is -0.244. The number of hydrogen-bond donors (Lipinski definition) is 3. The highest BCUT2D eigenvalue weighted by atomic mass is 32.2. The maximum atomic E-state index is 11.7. The Bertz CT molecular complexity index is 362. The van der Waals surface area contributed by atoms with Crippen LogP contribution in [0.15, 0.2) is 12.7 Å². The first-order valence-electron chi connectivity index (χ1n) is 5.96. The van der Waals surface area contributed by atoms with Crippen molar-refractivity contribution in [3.8, 4) is 0 Å². The van der Waals surface area contributed by atoms with Crippen molar-refractivity contribution in [1.29, 1.82) is 0 Å². The molecule has 0 radical (unpaired) electrons. The monoisotopic (exact) mass is 304 g/mol. The lowest BCUT2D eigenvalue weighted by molar-refractivity contribution is -0.144. The molecular formula is C12H20N2O5S. The van der Waals surface area contributed by atoms with Gasteiger partial charge in [-0.2, -0.15) is 11.8 Å². The summed E-state index contributed by atoms with van der Waals surface area (Å²) in [5.41, 5.74) is 5.64. The summed E-state index contributed by atoms with van der Waals surface area (Å²) in [5.74, 6) is -1.28. The fourth-order valence-electron chi connectivity index (χ4n) is 1.25. The molecule has 0 bridgehead atoms. The second-order valence-electron chi connectivity index (χ2n) is 3.95. The summed E-state index contributed by atoms with van der Waals surface area (Å²) in [6, 6.07) is -1.96. The molecule has 0 fully saturated rings. The van der Waals surface area contributed by atoms with E-state index in [0.29, 0.717) is 11.5 Å². The minimum absolute atomic E-state index is 0.0414. The Labute approximate surface area is 121 Å². The number of carbonyl (C=O) groups excluding carboxylic acids is 2. The molecule has 0 aromatic heterocycles.